The first kappa shape index (κ1) is 11.0. The molecule has 1 aromatic rings. The second-order valence-corrected chi connectivity index (χ2v) is 3.47. The second kappa shape index (κ2) is 4.98. The van der Waals surface area contributed by atoms with E-state index in [2.05, 4.69) is 5.73 Å². The zero-order valence-electron chi connectivity index (χ0n) is 8.79. The molecule has 0 saturated heterocycles. The Balaban J connectivity index is 2.66. The third-order valence-corrected chi connectivity index (χ3v) is 2.16. The van der Waals surface area contributed by atoms with Gasteiger partial charge in [-0.1, -0.05) is 18.2 Å². The molecule has 0 spiro atoms. The molecule has 78 valence electrons. The van der Waals surface area contributed by atoms with Gasteiger partial charge in [0, 0.05) is 0 Å². The standard InChI is InChI=1S/C11H17NO2/c1-8-4-3-5-9(2)11(8)14-7-10(13)6-12/h3-5,10,13H,6-7,12H2,1-2H3/p+1/t10-/m1/s1. The average Bonchev–Trinajstić information content (AvgIpc) is 2.16. The quantitative estimate of drug-likeness (QED) is 0.727. The number of rotatable bonds is 4. The maximum atomic E-state index is 9.31. The van der Waals surface area contributed by atoms with E-state index in [1.165, 1.54) is 0 Å². The van der Waals surface area contributed by atoms with Gasteiger partial charge in [0.1, 0.15) is 25.0 Å². The predicted octanol–water partition coefficient (Wildman–Crippen LogP) is 0.285. The molecule has 3 nitrogen and oxygen atoms in total. The second-order valence-electron chi connectivity index (χ2n) is 3.47. The van der Waals surface area contributed by atoms with E-state index in [0.717, 1.165) is 16.9 Å². The molecule has 0 saturated carbocycles. The van der Waals surface area contributed by atoms with Crippen molar-refractivity contribution >= 4 is 0 Å². The zero-order valence-corrected chi connectivity index (χ0v) is 8.79. The Morgan fingerprint density at radius 1 is 1.36 bits per heavy atom. The van der Waals surface area contributed by atoms with Crippen molar-refractivity contribution in [2.75, 3.05) is 13.2 Å². The summed E-state index contributed by atoms with van der Waals surface area (Å²) in [5.41, 5.74) is 5.81. The van der Waals surface area contributed by atoms with Gasteiger partial charge in [-0.3, -0.25) is 0 Å². The van der Waals surface area contributed by atoms with Gasteiger partial charge in [0.05, 0.1) is 0 Å². The van der Waals surface area contributed by atoms with E-state index < -0.39 is 6.10 Å². The molecule has 1 aromatic carbocycles. The van der Waals surface area contributed by atoms with Crippen LogP contribution in [0, 0.1) is 13.8 Å². The molecular formula is C11H18NO2+. The van der Waals surface area contributed by atoms with Crippen molar-refractivity contribution in [2.24, 2.45) is 0 Å². The number of aliphatic hydroxyl groups excluding tert-OH is 1. The SMILES string of the molecule is Cc1cccc(C)c1OC[C@H](O)C[NH3+]. The van der Waals surface area contributed by atoms with E-state index in [1.54, 1.807) is 0 Å². The van der Waals surface area contributed by atoms with Crippen LogP contribution in [0.15, 0.2) is 18.2 Å². The van der Waals surface area contributed by atoms with Crippen LogP contribution in [0.25, 0.3) is 0 Å². The lowest BCUT2D eigenvalue weighted by molar-refractivity contribution is -0.384. The maximum Gasteiger partial charge on any atom is 0.136 e. The fourth-order valence-corrected chi connectivity index (χ4v) is 1.29. The Morgan fingerprint density at radius 3 is 2.43 bits per heavy atom. The van der Waals surface area contributed by atoms with Crippen LogP contribution in [0.4, 0.5) is 0 Å². The van der Waals surface area contributed by atoms with E-state index in [0.29, 0.717) is 13.2 Å². The minimum atomic E-state index is -0.478. The molecule has 0 aromatic heterocycles. The summed E-state index contributed by atoms with van der Waals surface area (Å²) in [6, 6.07) is 5.99. The minimum absolute atomic E-state index is 0.315. The Labute approximate surface area is 84.5 Å². The molecule has 0 fully saturated rings. The number of hydrogen-bond donors (Lipinski definition) is 2. The van der Waals surface area contributed by atoms with Gasteiger partial charge < -0.3 is 15.6 Å². The van der Waals surface area contributed by atoms with Gasteiger partial charge in [-0.05, 0) is 25.0 Å². The Hall–Kier alpha value is -1.06. The summed E-state index contributed by atoms with van der Waals surface area (Å²) in [7, 11) is 0. The fraction of sp³-hybridized carbons (Fsp3) is 0.455. The van der Waals surface area contributed by atoms with Crippen LogP contribution in [-0.2, 0) is 0 Å². The summed E-state index contributed by atoms with van der Waals surface area (Å²) in [4.78, 5) is 0. The van der Waals surface area contributed by atoms with E-state index in [9.17, 15) is 5.11 Å². The molecule has 0 aliphatic rings. The van der Waals surface area contributed by atoms with E-state index in [1.807, 2.05) is 32.0 Å². The van der Waals surface area contributed by atoms with Crippen molar-refractivity contribution in [3.8, 4) is 5.75 Å². The number of aryl methyl sites for hydroxylation is 2. The van der Waals surface area contributed by atoms with Crippen molar-refractivity contribution < 1.29 is 15.6 Å². The summed E-state index contributed by atoms with van der Waals surface area (Å²) in [5, 5.41) is 9.31. The van der Waals surface area contributed by atoms with E-state index >= 15 is 0 Å². The van der Waals surface area contributed by atoms with Crippen LogP contribution >= 0.6 is 0 Å². The molecule has 0 aliphatic carbocycles. The number of benzene rings is 1. The number of quaternary nitrogens is 1. The normalized spacial score (nSPS) is 12.6. The molecule has 0 aliphatic heterocycles. The first-order valence-electron chi connectivity index (χ1n) is 4.81. The van der Waals surface area contributed by atoms with Crippen LogP contribution < -0.4 is 10.5 Å². The van der Waals surface area contributed by atoms with Crippen LogP contribution in [0.5, 0.6) is 5.75 Å². The highest BCUT2D eigenvalue weighted by Crippen LogP contribution is 2.22. The van der Waals surface area contributed by atoms with Crippen molar-refractivity contribution in [3.05, 3.63) is 29.3 Å². The highest BCUT2D eigenvalue weighted by molar-refractivity contribution is 5.39. The number of hydrogen-bond acceptors (Lipinski definition) is 2. The summed E-state index contributed by atoms with van der Waals surface area (Å²) < 4.78 is 5.53. The van der Waals surface area contributed by atoms with Crippen molar-refractivity contribution in [1.29, 1.82) is 0 Å². The molecule has 0 radical (unpaired) electrons. The fourth-order valence-electron chi connectivity index (χ4n) is 1.29. The van der Waals surface area contributed by atoms with Crippen LogP contribution in [0.2, 0.25) is 0 Å². The predicted molar refractivity (Wildman–Crippen MR) is 55.2 cm³/mol. The molecule has 1 rings (SSSR count). The van der Waals surface area contributed by atoms with Crippen LogP contribution in [0.3, 0.4) is 0 Å². The van der Waals surface area contributed by atoms with Crippen LogP contribution in [0.1, 0.15) is 11.1 Å². The van der Waals surface area contributed by atoms with Crippen molar-refractivity contribution in [2.45, 2.75) is 20.0 Å². The third-order valence-electron chi connectivity index (χ3n) is 2.16. The molecule has 0 heterocycles. The molecule has 4 N–H and O–H groups in total. The molecule has 0 amide bonds. The largest absolute Gasteiger partial charge is 0.490 e. The van der Waals surface area contributed by atoms with E-state index in [4.69, 9.17) is 4.74 Å². The Morgan fingerprint density at radius 2 is 1.93 bits per heavy atom. The van der Waals surface area contributed by atoms with Gasteiger partial charge in [0.2, 0.25) is 0 Å². The van der Waals surface area contributed by atoms with Crippen molar-refractivity contribution in [3.63, 3.8) is 0 Å². The molecule has 1 atom stereocenters. The molecule has 14 heavy (non-hydrogen) atoms. The smallest absolute Gasteiger partial charge is 0.136 e. The van der Waals surface area contributed by atoms with Gasteiger partial charge >= 0.3 is 0 Å². The number of aliphatic hydroxyl groups is 1. The average molecular weight is 196 g/mol. The Kier molecular flexibility index (Phi) is 3.92. The Bertz CT molecular complexity index is 279. The van der Waals surface area contributed by atoms with Crippen LogP contribution in [-0.4, -0.2) is 24.4 Å². The molecule has 3 heteroatoms. The van der Waals surface area contributed by atoms with Gasteiger partial charge in [0.25, 0.3) is 0 Å². The summed E-state index contributed by atoms with van der Waals surface area (Å²) in [5.74, 6) is 0.875. The topological polar surface area (TPSA) is 57.1 Å². The molecule has 0 bridgehead atoms. The van der Waals surface area contributed by atoms with Gasteiger partial charge in [0.15, 0.2) is 0 Å². The monoisotopic (exact) mass is 196 g/mol. The highest BCUT2D eigenvalue weighted by Gasteiger charge is 2.07. The lowest BCUT2D eigenvalue weighted by Gasteiger charge is -2.13. The van der Waals surface area contributed by atoms with Gasteiger partial charge in [-0.25, -0.2) is 0 Å². The number of para-hydroxylation sites is 1. The molecular weight excluding hydrogens is 178 g/mol. The number of ether oxygens (including phenoxy) is 1. The maximum absolute atomic E-state index is 9.31. The summed E-state index contributed by atoms with van der Waals surface area (Å²) >= 11 is 0. The highest BCUT2D eigenvalue weighted by atomic mass is 16.5. The molecule has 0 unspecified atom stereocenters. The third kappa shape index (κ3) is 2.72. The lowest BCUT2D eigenvalue weighted by Crippen LogP contribution is -2.56. The van der Waals surface area contributed by atoms with Crippen molar-refractivity contribution in [1.82, 2.24) is 0 Å². The first-order chi connectivity index (χ1) is 6.65. The first-order valence-corrected chi connectivity index (χ1v) is 4.81. The lowest BCUT2D eigenvalue weighted by atomic mass is 10.1. The minimum Gasteiger partial charge on any atom is -0.490 e. The van der Waals surface area contributed by atoms with Gasteiger partial charge in [-0.15, -0.1) is 0 Å². The van der Waals surface area contributed by atoms with Gasteiger partial charge in [-0.2, -0.15) is 0 Å². The van der Waals surface area contributed by atoms with E-state index in [-0.39, 0.29) is 0 Å². The summed E-state index contributed by atoms with van der Waals surface area (Å²) in [6.07, 6.45) is -0.478. The summed E-state index contributed by atoms with van der Waals surface area (Å²) in [6.45, 7) is 4.79. The zero-order chi connectivity index (χ0) is 10.6.